The Hall–Kier alpha value is -2.40. The lowest BCUT2D eigenvalue weighted by molar-refractivity contribution is 0.100. The van der Waals surface area contributed by atoms with E-state index in [-0.39, 0.29) is 6.04 Å². The molecule has 19 heavy (non-hydrogen) atoms. The lowest BCUT2D eigenvalue weighted by atomic mass is 10.1. The van der Waals surface area contributed by atoms with Crippen LogP contribution in [0.5, 0.6) is 0 Å². The number of primary amides is 1. The molecule has 0 saturated carbocycles. The van der Waals surface area contributed by atoms with Crippen LogP contribution in [0.4, 0.5) is 11.5 Å². The van der Waals surface area contributed by atoms with Crippen molar-refractivity contribution >= 4 is 17.4 Å². The summed E-state index contributed by atoms with van der Waals surface area (Å²) in [5.74, 6) is -0.0861. The van der Waals surface area contributed by atoms with E-state index in [0.29, 0.717) is 11.4 Å². The van der Waals surface area contributed by atoms with Crippen molar-refractivity contribution < 1.29 is 4.79 Å². The van der Waals surface area contributed by atoms with Gasteiger partial charge in [-0.15, -0.1) is 0 Å². The Balaban J connectivity index is 2.39. The summed E-state index contributed by atoms with van der Waals surface area (Å²) in [7, 11) is 0. The van der Waals surface area contributed by atoms with Crippen LogP contribution in [-0.4, -0.2) is 10.9 Å². The molecule has 5 heteroatoms. The Morgan fingerprint density at radius 2 is 2.00 bits per heavy atom. The molecule has 1 heterocycles. The molecule has 2 aromatic rings. The summed E-state index contributed by atoms with van der Waals surface area (Å²) in [5, 5.41) is 3.11. The fraction of sp³-hybridized carbons (Fsp3) is 0.143. The number of nitrogens with one attached hydrogen (secondary N) is 1. The summed E-state index contributed by atoms with van der Waals surface area (Å²) >= 11 is 0. The zero-order valence-corrected chi connectivity index (χ0v) is 10.6. The summed E-state index contributed by atoms with van der Waals surface area (Å²) in [4.78, 5) is 15.5. The molecule has 0 aliphatic rings. The number of pyridine rings is 1. The summed E-state index contributed by atoms with van der Waals surface area (Å²) < 4.78 is 0. The summed E-state index contributed by atoms with van der Waals surface area (Å²) in [6, 6.07) is 10.8. The van der Waals surface area contributed by atoms with Crippen molar-refractivity contribution in [2.75, 3.05) is 5.32 Å². The first kappa shape index (κ1) is 13.0. The van der Waals surface area contributed by atoms with Crippen molar-refractivity contribution in [3.63, 3.8) is 0 Å². The molecule has 2 rings (SSSR count). The van der Waals surface area contributed by atoms with Crippen LogP contribution in [0.1, 0.15) is 28.9 Å². The minimum absolute atomic E-state index is 0.121. The Bertz CT molecular complexity index is 596. The first-order valence-corrected chi connectivity index (χ1v) is 5.96. The zero-order valence-electron chi connectivity index (χ0n) is 10.6. The van der Waals surface area contributed by atoms with Crippen LogP contribution in [0.2, 0.25) is 0 Å². The van der Waals surface area contributed by atoms with Gasteiger partial charge in [-0.1, -0.05) is 18.2 Å². The summed E-state index contributed by atoms with van der Waals surface area (Å²) in [5.41, 5.74) is 13.4. The number of nitrogens with zero attached hydrogens (tertiary/aromatic N) is 1. The van der Waals surface area contributed by atoms with E-state index in [4.69, 9.17) is 11.5 Å². The van der Waals surface area contributed by atoms with Crippen LogP contribution in [-0.2, 0) is 0 Å². The van der Waals surface area contributed by atoms with Gasteiger partial charge in [0.1, 0.15) is 5.82 Å². The quantitative estimate of drug-likeness (QED) is 0.779. The van der Waals surface area contributed by atoms with Gasteiger partial charge in [-0.25, -0.2) is 4.98 Å². The predicted octanol–water partition coefficient (Wildman–Crippen LogP) is 1.94. The highest BCUT2D eigenvalue weighted by molar-refractivity contribution is 5.98. The number of amides is 1. The average Bonchev–Trinajstić information content (AvgIpc) is 2.39. The first-order valence-electron chi connectivity index (χ1n) is 5.96. The van der Waals surface area contributed by atoms with Crippen molar-refractivity contribution in [1.29, 1.82) is 0 Å². The normalized spacial score (nSPS) is 11.9. The molecule has 1 unspecified atom stereocenters. The molecule has 98 valence electrons. The van der Waals surface area contributed by atoms with E-state index in [2.05, 4.69) is 10.3 Å². The number of carbonyl (C=O) groups is 1. The second-order valence-electron chi connectivity index (χ2n) is 4.26. The fourth-order valence-corrected chi connectivity index (χ4v) is 1.84. The predicted molar refractivity (Wildman–Crippen MR) is 75.1 cm³/mol. The van der Waals surface area contributed by atoms with E-state index in [1.807, 2.05) is 31.2 Å². The van der Waals surface area contributed by atoms with Crippen molar-refractivity contribution in [3.05, 3.63) is 53.7 Å². The third kappa shape index (κ3) is 2.89. The number of benzene rings is 1. The largest absolute Gasteiger partial charge is 0.365 e. The van der Waals surface area contributed by atoms with Crippen molar-refractivity contribution in [2.24, 2.45) is 11.5 Å². The van der Waals surface area contributed by atoms with Gasteiger partial charge in [-0.3, -0.25) is 4.79 Å². The Morgan fingerprint density at radius 3 is 2.68 bits per heavy atom. The third-order valence-electron chi connectivity index (χ3n) is 2.78. The van der Waals surface area contributed by atoms with Gasteiger partial charge in [0.2, 0.25) is 0 Å². The van der Waals surface area contributed by atoms with Gasteiger partial charge in [0.05, 0.1) is 5.56 Å². The van der Waals surface area contributed by atoms with Crippen molar-refractivity contribution in [1.82, 2.24) is 4.98 Å². The molecule has 0 bridgehead atoms. The van der Waals surface area contributed by atoms with Crippen LogP contribution >= 0.6 is 0 Å². The minimum Gasteiger partial charge on any atom is -0.365 e. The van der Waals surface area contributed by atoms with Crippen LogP contribution in [0, 0.1) is 0 Å². The maximum Gasteiger partial charge on any atom is 0.252 e. The third-order valence-corrected chi connectivity index (χ3v) is 2.78. The lowest BCUT2D eigenvalue weighted by Gasteiger charge is -2.15. The molecule has 5 nitrogen and oxygen atoms in total. The van der Waals surface area contributed by atoms with Crippen LogP contribution in [0.3, 0.4) is 0 Å². The van der Waals surface area contributed by atoms with Crippen LogP contribution < -0.4 is 16.8 Å². The van der Waals surface area contributed by atoms with Crippen LogP contribution in [0.15, 0.2) is 42.6 Å². The van der Waals surface area contributed by atoms with Gasteiger partial charge in [0, 0.05) is 17.9 Å². The van der Waals surface area contributed by atoms with E-state index >= 15 is 0 Å². The summed E-state index contributed by atoms with van der Waals surface area (Å²) in [6.07, 6.45) is 1.60. The van der Waals surface area contributed by atoms with Gasteiger partial charge in [0.15, 0.2) is 0 Å². The van der Waals surface area contributed by atoms with E-state index in [0.717, 1.165) is 11.3 Å². The molecular weight excluding hydrogens is 240 g/mol. The van der Waals surface area contributed by atoms with E-state index in [1.165, 1.54) is 0 Å². The van der Waals surface area contributed by atoms with Crippen LogP contribution in [0.25, 0.3) is 0 Å². The number of hydrogen-bond acceptors (Lipinski definition) is 4. The Morgan fingerprint density at radius 1 is 1.26 bits per heavy atom. The van der Waals surface area contributed by atoms with Gasteiger partial charge < -0.3 is 16.8 Å². The molecule has 0 fully saturated rings. The highest BCUT2D eigenvalue weighted by atomic mass is 16.1. The molecule has 0 aliphatic heterocycles. The van der Waals surface area contributed by atoms with E-state index in [1.54, 1.807) is 18.3 Å². The second kappa shape index (κ2) is 5.49. The summed E-state index contributed by atoms with van der Waals surface area (Å²) in [6.45, 7) is 1.90. The molecule has 0 aliphatic carbocycles. The number of anilines is 2. The zero-order chi connectivity index (χ0) is 13.8. The smallest absolute Gasteiger partial charge is 0.252 e. The van der Waals surface area contributed by atoms with E-state index < -0.39 is 5.91 Å². The average molecular weight is 256 g/mol. The van der Waals surface area contributed by atoms with Gasteiger partial charge >= 0.3 is 0 Å². The topological polar surface area (TPSA) is 94.0 Å². The molecule has 0 spiro atoms. The molecule has 0 radical (unpaired) electrons. The van der Waals surface area contributed by atoms with Crippen molar-refractivity contribution in [3.8, 4) is 0 Å². The highest BCUT2D eigenvalue weighted by Gasteiger charge is 2.11. The molecule has 1 amide bonds. The maximum atomic E-state index is 11.3. The standard InChI is InChI=1S/C14H16N4O/c1-9(15)10-5-2-3-7-12(10)18-14-11(13(16)19)6-4-8-17-14/h2-9H,15H2,1H3,(H2,16,19)(H,17,18). The number of para-hydroxylation sites is 1. The highest BCUT2D eigenvalue weighted by Crippen LogP contribution is 2.25. The SMILES string of the molecule is CC(N)c1ccccc1Nc1ncccc1C(N)=O. The van der Waals surface area contributed by atoms with Crippen molar-refractivity contribution in [2.45, 2.75) is 13.0 Å². The number of nitrogens with two attached hydrogens (primary N) is 2. The molecular formula is C14H16N4O. The molecule has 5 N–H and O–H groups in total. The minimum atomic E-state index is -0.520. The van der Waals surface area contributed by atoms with Gasteiger partial charge in [-0.2, -0.15) is 0 Å². The first-order chi connectivity index (χ1) is 9.09. The van der Waals surface area contributed by atoms with Gasteiger partial charge in [0.25, 0.3) is 5.91 Å². The molecule has 1 atom stereocenters. The monoisotopic (exact) mass is 256 g/mol. The molecule has 1 aromatic carbocycles. The van der Waals surface area contributed by atoms with Gasteiger partial charge in [-0.05, 0) is 30.7 Å². The number of carbonyl (C=O) groups excluding carboxylic acids is 1. The number of aromatic nitrogens is 1. The molecule has 0 saturated heterocycles. The number of rotatable bonds is 4. The molecule has 1 aromatic heterocycles. The maximum absolute atomic E-state index is 11.3. The number of hydrogen-bond donors (Lipinski definition) is 3. The van der Waals surface area contributed by atoms with E-state index in [9.17, 15) is 4.79 Å². The fourth-order valence-electron chi connectivity index (χ4n) is 1.84. The Kier molecular flexibility index (Phi) is 3.77. The Labute approximate surface area is 111 Å². The second-order valence-corrected chi connectivity index (χ2v) is 4.26. The lowest BCUT2D eigenvalue weighted by Crippen LogP contribution is -2.15.